The van der Waals surface area contributed by atoms with Gasteiger partial charge in [0.15, 0.2) is 5.78 Å². The van der Waals surface area contributed by atoms with Gasteiger partial charge in [-0.3, -0.25) is 14.5 Å². The van der Waals surface area contributed by atoms with Crippen LogP contribution in [0.4, 0.5) is 5.82 Å². The van der Waals surface area contributed by atoms with Gasteiger partial charge in [0.2, 0.25) is 5.91 Å². The van der Waals surface area contributed by atoms with Crippen LogP contribution >= 0.6 is 0 Å². The molecule has 3 saturated heterocycles. The second kappa shape index (κ2) is 7.09. The summed E-state index contributed by atoms with van der Waals surface area (Å²) in [6.07, 6.45) is 3.19. The number of aromatic nitrogens is 1. The second-order valence-corrected chi connectivity index (χ2v) is 7.11. The maximum Gasteiger partial charge on any atom is 0.240 e. The summed E-state index contributed by atoms with van der Waals surface area (Å²) in [5, 5.41) is 3.37. The number of nitrogens with zero attached hydrogens (tertiary/aromatic N) is 4. The number of carbonyl (C=O) groups excluding carboxylic acids is 2. The van der Waals surface area contributed by atoms with Gasteiger partial charge in [-0.1, -0.05) is 6.07 Å². The fraction of sp³-hybridized carbons (Fsp3) is 0.611. The monoisotopic (exact) mass is 343 g/mol. The zero-order valence-electron chi connectivity index (χ0n) is 14.4. The zero-order valence-corrected chi connectivity index (χ0v) is 14.4. The van der Waals surface area contributed by atoms with Crippen LogP contribution in [0.1, 0.15) is 12.8 Å². The molecule has 2 atom stereocenters. The Balaban J connectivity index is 1.28. The fourth-order valence-electron chi connectivity index (χ4n) is 4.08. The number of carbonyl (C=O) groups is 2. The van der Waals surface area contributed by atoms with Crippen molar-refractivity contribution in [1.82, 2.24) is 20.1 Å². The van der Waals surface area contributed by atoms with Crippen LogP contribution in [0.3, 0.4) is 0 Å². The number of piperazine rings is 1. The molecule has 4 rings (SSSR count). The summed E-state index contributed by atoms with van der Waals surface area (Å²) < 4.78 is 0. The fourth-order valence-corrected chi connectivity index (χ4v) is 4.08. The van der Waals surface area contributed by atoms with Gasteiger partial charge in [-0.2, -0.15) is 0 Å². The molecule has 1 aromatic rings. The molecule has 0 bridgehead atoms. The van der Waals surface area contributed by atoms with Crippen LogP contribution in [0.5, 0.6) is 0 Å². The Morgan fingerprint density at radius 2 is 2.00 bits per heavy atom. The van der Waals surface area contributed by atoms with Crippen molar-refractivity contribution in [2.75, 3.05) is 50.7 Å². The van der Waals surface area contributed by atoms with E-state index in [1.165, 1.54) is 0 Å². The van der Waals surface area contributed by atoms with E-state index >= 15 is 0 Å². The van der Waals surface area contributed by atoms with Crippen LogP contribution in [0.15, 0.2) is 24.4 Å². The largest absolute Gasteiger partial charge is 0.354 e. The predicted octanol–water partition coefficient (Wildman–Crippen LogP) is -0.264. The van der Waals surface area contributed by atoms with E-state index in [1.807, 2.05) is 18.3 Å². The molecule has 0 spiro atoms. The Morgan fingerprint density at radius 1 is 1.16 bits per heavy atom. The van der Waals surface area contributed by atoms with E-state index < -0.39 is 0 Å². The highest BCUT2D eigenvalue weighted by Crippen LogP contribution is 2.20. The molecule has 0 unspecified atom stereocenters. The molecule has 3 aliphatic rings. The van der Waals surface area contributed by atoms with Gasteiger partial charge in [0, 0.05) is 57.9 Å². The quantitative estimate of drug-likeness (QED) is 0.815. The van der Waals surface area contributed by atoms with Crippen molar-refractivity contribution < 1.29 is 9.59 Å². The van der Waals surface area contributed by atoms with E-state index in [9.17, 15) is 9.59 Å². The van der Waals surface area contributed by atoms with Crippen LogP contribution in [0, 0.1) is 0 Å². The summed E-state index contributed by atoms with van der Waals surface area (Å²) in [6.45, 7) is 5.65. The first kappa shape index (κ1) is 16.5. The van der Waals surface area contributed by atoms with E-state index in [0.29, 0.717) is 25.6 Å². The molecular weight excluding hydrogens is 318 g/mol. The second-order valence-electron chi connectivity index (χ2n) is 7.11. The normalized spacial score (nSPS) is 27.9. The third-order valence-electron chi connectivity index (χ3n) is 5.55. The van der Waals surface area contributed by atoms with Crippen molar-refractivity contribution in [3.63, 3.8) is 0 Å². The molecule has 0 radical (unpaired) electrons. The molecule has 7 nitrogen and oxygen atoms in total. The first-order valence-electron chi connectivity index (χ1n) is 9.14. The average Bonchev–Trinajstić information content (AvgIpc) is 3.31. The van der Waals surface area contributed by atoms with Crippen LogP contribution in [-0.4, -0.2) is 84.4 Å². The Bertz CT molecular complexity index is 630. The maximum atomic E-state index is 12.5. The number of hydrogen-bond acceptors (Lipinski definition) is 6. The summed E-state index contributed by atoms with van der Waals surface area (Å²) in [4.78, 5) is 34.9. The molecule has 25 heavy (non-hydrogen) atoms. The smallest absolute Gasteiger partial charge is 0.240 e. The first-order chi connectivity index (χ1) is 12.2. The maximum absolute atomic E-state index is 12.5. The lowest BCUT2D eigenvalue weighted by Crippen LogP contribution is -2.51. The number of likely N-dealkylation sites (tertiary alicyclic amines) is 1. The summed E-state index contributed by atoms with van der Waals surface area (Å²) >= 11 is 0. The molecular formula is C18H25N5O2. The van der Waals surface area contributed by atoms with Crippen LogP contribution in [0.25, 0.3) is 0 Å². The molecule has 1 N–H and O–H groups in total. The van der Waals surface area contributed by atoms with Crippen molar-refractivity contribution in [2.24, 2.45) is 0 Å². The van der Waals surface area contributed by atoms with E-state index in [1.54, 1.807) is 4.90 Å². The lowest BCUT2D eigenvalue weighted by molar-refractivity contribution is -0.133. The van der Waals surface area contributed by atoms with Gasteiger partial charge < -0.3 is 15.1 Å². The SMILES string of the molecule is O=C1CCN(C(=O)[C@@H]2C[C@H](N3CCN(c4ccccn4)CC3)CN2)C1. The summed E-state index contributed by atoms with van der Waals surface area (Å²) in [6, 6.07) is 6.28. The van der Waals surface area contributed by atoms with Gasteiger partial charge in [-0.15, -0.1) is 0 Å². The highest BCUT2D eigenvalue weighted by atomic mass is 16.2. The van der Waals surface area contributed by atoms with Crippen molar-refractivity contribution in [2.45, 2.75) is 24.9 Å². The minimum atomic E-state index is -0.135. The Kier molecular flexibility index (Phi) is 4.67. The standard InChI is InChI=1S/C18H25N5O2/c24-15-4-6-23(13-15)18(25)16-11-14(12-20-16)21-7-9-22(10-8-21)17-3-1-2-5-19-17/h1-3,5,14,16,20H,4,6-13H2/t14-,16-/m0/s1. The molecule has 134 valence electrons. The minimum Gasteiger partial charge on any atom is -0.354 e. The van der Waals surface area contributed by atoms with E-state index in [-0.39, 0.29) is 17.7 Å². The minimum absolute atomic E-state index is 0.0977. The van der Waals surface area contributed by atoms with Gasteiger partial charge in [0.1, 0.15) is 5.82 Å². The molecule has 7 heteroatoms. The Hall–Kier alpha value is -1.99. The molecule has 0 saturated carbocycles. The van der Waals surface area contributed by atoms with Crippen molar-refractivity contribution in [1.29, 1.82) is 0 Å². The van der Waals surface area contributed by atoms with Gasteiger partial charge in [-0.25, -0.2) is 4.98 Å². The van der Waals surface area contributed by atoms with Gasteiger partial charge >= 0.3 is 0 Å². The van der Waals surface area contributed by atoms with E-state index in [4.69, 9.17) is 0 Å². The highest BCUT2D eigenvalue weighted by molar-refractivity contribution is 5.91. The highest BCUT2D eigenvalue weighted by Gasteiger charge is 2.37. The predicted molar refractivity (Wildman–Crippen MR) is 94.4 cm³/mol. The number of hydrogen-bond donors (Lipinski definition) is 1. The lowest BCUT2D eigenvalue weighted by atomic mass is 10.1. The topological polar surface area (TPSA) is 68.8 Å². The van der Waals surface area contributed by atoms with E-state index in [2.05, 4.69) is 26.2 Å². The number of Topliss-reactive ketones (excluding diaryl/α,β-unsaturated/α-hetero) is 1. The summed E-state index contributed by atoms with van der Waals surface area (Å²) in [5.41, 5.74) is 0. The number of anilines is 1. The number of nitrogens with one attached hydrogen (secondary N) is 1. The van der Waals surface area contributed by atoms with Gasteiger partial charge in [-0.05, 0) is 18.6 Å². The van der Waals surface area contributed by atoms with Crippen molar-refractivity contribution in [3.05, 3.63) is 24.4 Å². The third-order valence-corrected chi connectivity index (χ3v) is 5.55. The third kappa shape index (κ3) is 3.52. The Labute approximate surface area is 148 Å². The van der Waals surface area contributed by atoms with E-state index in [0.717, 1.165) is 45.0 Å². The average molecular weight is 343 g/mol. The summed E-state index contributed by atoms with van der Waals surface area (Å²) in [7, 11) is 0. The molecule has 0 aromatic carbocycles. The molecule has 3 fully saturated rings. The zero-order chi connectivity index (χ0) is 17.2. The number of pyridine rings is 1. The van der Waals surface area contributed by atoms with Crippen LogP contribution in [0.2, 0.25) is 0 Å². The van der Waals surface area contributed by atoms with Crippen molar-refractivity contribution >= 4 is 17.5 Å². The van der Waals surface area contributed by atoms with Crippen molar-refractivity contribution in [3.8, 4) is 0 Å². The molecule has 4 heterocycles. The molecule has 0 aliphatic carbocycles. The summed E-state index contributed by atoms with van der Waals surface area (Å²) in [5.74, 6) is 1.31. The van der Waals surface area contributed by atoms with Crippen LogP contribution in [-0.2, 0) is 9.59 Å². The van der Waals surface area contributed by atoms with Gasteiger partial charge in [0.25, 0.3) is 0 Å². The Morgan fingerprint density at radius 3 is 2.68 bits per heavy atom. The lowest BCUT2D eigenvalue weighted by Gasteiger charge is -2.38. The number of rotatable bonds is 3. The van der Waals surface area contributed by atoms with Gasteiger partial charge in [0.05, 0.1) is 12.6 Å². The number of amides is 1. The number of ketones is 1. The molecule has 1 aromatic heterocycles. The van der Waals surface area contributed by atoms with Crippen LogP contribution < -0.4 is 10.2 Å². The molecule has 3 aliphatic heterocycles. The first-order valence-corrected chi connectivity index (χ1v) is 9.14. The molecule has 1 amide bonds.